The van der Waals surface area contributed by atoms with Gasteiger partial charge in [-0.3, -0.25) is 0 Å². The molecule has 0 saturated carbocycles. The Hall–Kier alpha value is 1.23. The predicted octanol–water partition coefficient (Wildman–Crippen LogP) is -1.36. The zero-order valence-electron chi connectivity index (χ0n) is 4.30. The molecule has 7 heavy (non-hydrogen) atoms. The van der Waals surface area contributed by atoms with E-state index in [0.29, 0.717) is 0 Å². The fraction of sp³-hybridized carbons (Fsp3) is 0. The van der Waals surface area contributed by atoms with Crippen LogP contribution in [0.25, 0.3) is 0 Å². The van der Waals surface area contributed by atoms with Crippen LogP contribution in [0.4, 0.5) is 4.79 Å². The van der Waals surface area contributed by atoms with E-state index in [9.17, 15) is 0 Å². The second-order valence-corrected chi connectivity index (χ2v) is 0.283. The first-order chi connectivity index (χ1) is 1.73. The molecule has 0 aliphatic carbocycles. The number of carbonyl (C=O) groups is 1. The summed E-state index contributed by atoms with van der Waals surface area (Å²) in [6.07, 6.45) is -1.83. The van der Waals surface area contributed by atoms with E-state index in [1.165, 1.54) is 0 Å². The summed E-state index contributed by atoms with van der Waals surface area (Å²) in [4.78, 5) is 8.56. The van der Waals surface area contributed by atoms with Gasteiger partial charge >= 0.3 is 6.16 Å². The normalized spacial score (nSPS) is 3.43. The first kappa shape index (κ1) is 24.0. The minimum Gasteiger partial charge on any atom is -0.450 e. The summed E-state index contributed by atoms with van der Waals surface area (Å²) in [7, 11) is 0. The Balaban J connectivity index is -0.0000000150. The third-order valence-corrected chi connectivity index (χ3v) is 0. The average molecular weight is 126 g/mol. The van der Waals surface area contributed by atoms with Gasteiger partial charge in [-0.15, -0.1) is 0 Å². The van der Waals surface area contributed by atoms with E-state index in [1.54, 1.807) is 0 Å². The Morgan fingerprint density at radius 3 is 1.14 bits per heavy atom. The van der Waals surface area contributed by atoms with Gasteiger partial charge in [0, 0.05) is 59.1 Å². The molecule has 0 unspecified atom stereocenters. The van der Waals surface area contributed by atoms with Crippen LogP contribution in [0.1, 0.15) is 0 Å². The molecule has 2 radical (unpaired) electrons. The Morgan fingerprint density at radius 1 is 1.14 bits per heavy atom. The van der Waals surface area contributed by atoms with E-state index in [4.69, 9.17) is 15.0 Å². The molecule has 34 valence electrons. The Bertz CT molecular complexity index is 32.7. The molecule has 0 spiro atoms. The summed E-state index contributed by atoms with van der Waals surface area (Å²) >= 11 is 0. The van der Waals surface area contributed by atoms with Crippen molar-refractivity contribution in [3.63, 3.8) is 0 Å². The first-order valence-corrected chi connectivity index (χ1v) is 0.651. The zero-order valence-corrected chi connectivity index (χ0v) is 8.30. The van der Waals surface area contributed by atoms with Crippen LogP contribution in [0.5, 0.6) is 0 Å². The van der Waals surface area contributed by atoms with Crippen LogP contribution in [-0.4, -0.2) is 81.0 Å². The molecule has 0 saturated heterocycles. The smallest absolute Gasteiger partial charge is 0.450 e. The summed E-state index contributed by atoms with van der Waals surface area (Å²) in [6, 6.07) is 0. The van der Waals surface area contributed by atoms with Crippen molar-refractivity contribution >= 4 is 65.3 Å². The first-order valence-electron chi connectivity index (χ1n) is 0.651. The summed E-state index contributed by atoms with van der Waals surface area (Å²) in [5.41, 5.74) is 0. The van der Waals surface area contributed by atoms with Crippen molar-refractivity contribution in [1.82, 2.24) is 0 Å². The summed E-state index contributed by atoms with van der Waals surface area (Å²) in [5, 5.41) is 13.9. The SMILES string of the molecule is O.O=C(O)O.[Na].[Na]. The predicted molar refractivity (Wildman–Crippen MR) is 25.8 cm³/mol. The largest absolute Gasteiger partial charge is 0.503 e. The quantitative estimate of drug-likeness (QED) is 0.392. The molecule has 0 aliphatic rings. The molecule has 0 bridgehead atoms. The zero-order chi connectivity index (χ0) is 3.58. The number of carboxylic acid groups (broad SMARTS) is 2. The molecule has 0 rings (SSSR count). The third-order valence-electron chi connectivity index (χ3n) is 0. The topological polar surface area (TPSA) is 89.0 Å². The van der Waals surface area contributed by atoms with Crippen LogP contribution in [0.3, 0.4) is 0 Å². The molecule has 6 heteroatoms. The number of hydrogen-bond acceptors (Lipinski definition) is 1. The van der Waals surface area contributed by atoms with E-state index in [1.807, 2.05) is 0 Å². The minimum absolute atomic E-state index is 0. The van der Waals surface area contributed by atoms with E-state index in [0.717, 1.165) is 0 Å². The molecule has 0 aromatic carbocycles. The monoisotopic (exact) mass is 126 g/mol. The van der Waals surface area contributed by atoms with Crippen molar-refractivity contribution < 1.29 is 20.5 Å². The maximum Gasteiger partial charge on any atom is 0.503 e. The van der Waals surface area contributed by atoms with Gasteiger partial charge in [0.15, 0.2) is 0 Å². The number of hydrogen-bond donors (Lipinski definition) is 2. The second-order valence-electron chi connectivity index (χ2n) is 0.283. The van der Waals surface area contributed by atoms with Gasteiger partial charge in [-0.05, 0) is 0 Å². The van der Waals surface area contributed by atoms with Crippen LogP contribution in [0, 0.1) is 0 Å². The molecule has 0 aromatic heterocycles. The van der Waals surface area contributed by atoms with E-state index in [-0.39, 0.29) is 64.6 Å². The van der Waals surface area contributed by atoms with Crippen molar-refractivity contribution in [2.75, 3.05) is 0 Å². The van der Waals surface area contributed by atoms with Gasteiger partial charge in [0.2, 0.25) is 0 Å². The van der Waals surface area contributed by atoms with Crippen LogP contribution in [-0.2, 0) is 0 Å². The summed E-state index contributed by atoms with van der Waals surface area (Å²) in [6.45, 7) is 0. The van der Waals surface area contributed by atoms with Gasteiger partial charge in [-0.2, -0.15) is 0 Å². The molecule has 0 fully saturated rings. The maximum atomic E-state index is 8.56. The van der Waals surface area contributed by atoms with Gasteiger partial charge in [0.25, 0.3) is 0 Å². The van der Waals surface area contributed by atoms with Crippen molar-refractivity contribution in [1.29, 1.82) is 0 Å². The van der Waals surface area contributed by atoms with E-state index in [2.05, 4.69) is 0 Å². The molecular formula is CH4Na2O4. The van der Waals surface area contributed by atoms with Gasteiger partial charge < -0.3 is 15.7 Å². The summed E-state index contributed by atoms with van der Waals surface area (Å²) in [5.74, 6) is 0. The summed E-state index contributed by atoms with van der Waals surface area (Å²) < 4.78 is 0. The van der Waals surface area contributed by atoms with Gasteiger partial charge in [0.1, 0.15) is 0 Å². The van der Waals surface area contributed by atoms with Crippen LogP contribution >= 0.6 is 0 Å². The second kappa shape index (κ2) is 15.7. The van der Waals surface area contributed by atoms with E-state index >= 15 is 0 Å². The van der Waals surface area contributed by atoms with Gasteiger partial charge in [-0.25, -0.2) is 4.79 Å². The molecule has 0 aliphatic heterocycles. The fourth-order valence-corrected chi connectivity index (χ4v) is 0. The van der Waals surface area contributed by atoms with Gasteiger partial charge in [-0.1, -0.05) is 0 Å². The standard InChI is InChI=1S/CH2O3.2Na.H2O/c2-1(3)4;;;/h(H2,2,3,4);;;1H2. The van der Waals surface area contributed by atoms with Crippen LogP contribution < -0.4 is 0 Å². The van der Waals surface area contributed by atoms with Crippen molar-refractivity contribution in [2.24, 2.45) is 0 Å². The van der Waals surface area contributed by atoms with E-state index < -0.39 is 6.16 Å². The molecular weight excluding hydrogens is 122 g/mol. The molecule has 4 nitrogen and oxygen atoms in total. The molecule has 0 atom stereocenters. The van der Waals surface area contributed by atoms with Crippen molar-refractivity contribution in [3.05, 3.63) is 0 Å². The average Bonchev–Trinajstić information content (AvgIpc) is 0.811. The number of rotatable bonds is 0. The minimum atomic E-state index is -1.83. The molecule has 4 N–H and O–H groups in total. The molecule has 0 amide bonds. The fourth-order valence-electron chi connectivity index (χ4n) is 0. The van der Waals surface area contributed by atoms with Crippen molar-refractivity contribution in [3.8, 4) is 0 Å². The Labute approximate surface area is 84.8 Å². The van der Waals surface area contributed by atoms with Crippen molar-refractivity contribution in [2.45, 2.75) is 0 Å². The van der Waals surface area contributed by atoms with Gasteiger partial charge in [0.05, 0.1) is 0 Å². The Morgan fingerprint density at radius 2 is 1.14 bits per heavy atom. The van der Waals surface area contributed by atoms with Crippen LogP contribution in [0.15, 0.2) is 0 Å². The Kier molecular flexibility index (Phi) is 53.9. The maximum absolute atomic E-state index is 8.56. The third kappa shape index (κ3) is 131. The van der Waals surface area contributed by atoms with Crippen LogP contribution in [0.2, 0.25) is 0 Å². The molecule has 0 aromatic rings. The molecule has 0 heterocycles.